The smallest absolute Gasteiger partial charge is 0.104 e. The molecule has 0 aromatic heterocycles. The quantitative estimate of drug-likeness (QED) is 0.882. The van der Waals surface area contributed by atoms with Crippen molar-refractivity contribution in [1.29, 1.82) is 0 Å². The highest BCUT2D eigenvalue weighted by atomic mass is 16.3. The van der Waals surface area contributed by atoms with Gasteiger partial charge in [0.05, 0.1) is 0 Å². The van der Waals surface area contributed by atoms with Crippen molar-refractivity contribution >= 4 is 0 Å². The monoisotopic (exact) mass is 255 g/mol. The summed E-state index contributed by atoms with van der Waals surface area (Å²) in [6.07, 6.45) is 0.269. The van der Waals surface area contributed by atoms with Gasteiger partial charge in [-0.2, -0.15) is 0 Å². The predicted molar refractivity (Wildman–Crippen MR) is 79.2 cm³/mol. The van der Waals surface area contributed by atoms with Gasteiger partial charge < -0.3 is 10.8 Å². The molecule has 0 amide bonds. The van der Waals surface area contributed by atoms with Gasteiger partial charge in [-0.15, -0.1) is 0 Å². The summed E-state index contributed by atoms with van der Waals surface area (Å²) in [6, 6.07) is 14.1. The Hall–Kier alpha value is -1.64. The average Bonchev–Trinajstić information content (AvgIpc) is 2.42. The molecular weight excluding hydrogens is 234 g/mol. The molecule has 0 heterocycles. The molecule has 2 aromatic carbocycles. The number of hydrogen-bond donors (Lipinski definition) is 2. The summed E-state index contributed by atoms with van der Waals surface area (Å²) in [7, 11) is 0. The number of aliphatic hydroxyl groups is 1. The SMILES string of the molecule is Cc1ccc(C(O)c2cccc(CCN)c2)cc1C. The van der Waals surface area contributed by atoms with Crippen LogP contribution in [-0.2, 0) is 6.42 Å². The maximum Gasteiger partial charge on any atom is 0.104 e. The lowest BCUT2D eigenvalue weighted by Gasteiger charge is -2.14. The van der Waals surface area contributed by atoms with Gasteiger partial charge in [0.15, 0.2) is 0 Å². The third-order valence-corrected chi connectivity index (χ3v) is 3.55. The highest BCUT2D eigenvalue weighted by molar-refractivity contribution is 5.37. The van der Waals surface area contributed by atoms with Gasteiger partial charge >= 0.3 is 0 Å². The van der Waals surface area contributed by atoms with E-state index in [1.165, 1.54) is 16.7 Å². The van der Waals surface area contributed by atoms with Crippen molar-refractivity contribution in [2.24, 2.45) is 5.73 Å². The molecule has 0 bridgehead atoms. The first-order valence-corrected chi connectivity index (χ1v) is 6.66. The minimum atomic E-state index is -0.572. The molecule has 1 atom stereocenters. The predicted octanol–water partition coefficient (Wildman–Crippen LogP) is 2.89. The topological polar surface area (TPSA) is 46.2 Å². The molecule has 0 aliphatic rings. The lowest BCUT2D eigenvalue weighted by Crippen LogP contribution is -2.05. The summed E-state index contributed by atoms with van der Waals surface area (Å²) in [5.74, 6) is 0. The second kappa shape index (κ2) is 6.00. The highest BCUT2D eigenvalue weighted by Crippen LogP contribution is 2.24. The van der Waals surface area contributed by atoms with Crippen LogP contribution in [0.15, 0.2) is 42.5 Å². The third kappa shape index (κ3) is 3.22. The van der Waals surface area contributed by atoms with Gasteiger partial charge in [-0.1, -0.05) is 42.5 Å². The molecule has 3 N–H and O–H groups in total. The number of aryl methyl sites for hydroxylation is 2. The van der Waals surface area contributed by atoms with Crippen LogP contribution in [0.25, 0.3) is 0 Å². The van der Waals surface area contributed by atoms with Crippen LogP contribution in [0.1, 0.15) is 33.9 Å². The maximum absolute atomic E-state index is 10.5. The van der Waals surface area contributed by atoms with E-state index in [2.05, 4.69) is 26.0 Å². The zero-order valence-electron chi connectivity index (χ0n) is 11.6. The Labute approximate surface area is 114 Å². The molecule has 0 aliphatic carbocycles. The van der Waals surface area contributed by atoms with Crippen LogP contribution in [0.2, 0.25) is 0 Å². The van der Waals surface area contributed by atoms with Crippen molar-refractivity contribution < 1.29 is 5.11 Å². The van der Waals surface area contributed by atoms with Gasteiger partial charge in [0.2, 0.25) is 0 Å². The van der Waals surface area contributed by atoms with Gasteiger partial charge in [0.25, 0.3) is 0 Å². The summed E-state index contributed by atoms with van der Waals surface area (Å²) in [5.41, 5.74) is 11.1. The van der Waals surface area contributed by atoms with Gasteiger partial charge in [-0.25, -0.2) is 0 Å². The Balaban J connectivity index is 2.29. The molecule has 2 nitrogen and oxygen atoms in total. The molecule has 19 heavy (non-hydrogen) atoms. The molecular formula is C17H21NO. The standard InChI is InChI=1S/C17H21NO/c1-12-6-7-16(10-13(12)2)17(19)15-5-3-4-14(11-15)8-9-18/h3-7,10-11,17,19H,8-9,18H2,1-2H3. The zero-order valence-corrected chi connectivity index (χ0v) is 11.6. The van der Waals surface area contributed by atoms with Crippen molar-refractivity contribution in [1.82, 2.24) is 0 Å². The third-order valence-electron chi connectivity index (χ3n) is 3.55. The highest BCUT2D eigenvalue weighted by Gasteiger charge is 2.11. The van der Waals surface area contributed by atoms with Crippen molar-refractivity contribution in [3.63, 3.8) is 0 Å². The van der Waals surface area contributed by atoms with E-state index in [0.29, 0.717) is 6.54 Å². The van der Waals surface area contributed by atoms with Crippen molar-refractivity contribution in [3.8, 4) is 0 Å². The number of benzene rings is 2. The van der Waals surface area contributed by atoms with E-state index in [1.807, 2.05) is 30.3 Å². The number of hydrogen-bond acceptors (Lipinski definition) is 2. The summed E-state index contributed by atoms with van der Waals surface area (Å²) in [6.45, 7) is 4.77. The Morgan fingerprint density at radius 2 is 1.74 bits per heavy atom. The second-order valence-corrected chi connectivity index (χ2v) is 5.03. The lowest BCUT2D eigenvalue weighted by atomic mass is 9.96. The molecule has 2 heteroatoms. The number of rotatable bonds is 4. The largest absolute Gasteiger partial charge is 0.384 e. The van der Waals surface area contributed by atoms with Crippen molar-refractivity contribution in [2.45, 2.75) is 26.4 Å². The van der Waals surface area contributed by atoms with Gasteiger partial charge in [-0.05, 0) is 54.6 Å². The summed E-state index contributed by atoms with van der Waals surface area (Å²) in [4.78, 5) is 0. The molecule has 2 rings (SSSR count). The Kier molecular flexibility index (Phi) is 4.35. The Morgan fingerprint density at radius 1 is 1.00 bits per heavy atom. The number of aliphatic hydroxyl groups excluding tert-OH is 1. The second-order valence-electron chi connectivity index (χ2n) is 5.03. The summed E-state index contributed by atoms with van der Waals surface area (Å²) in [5, 5.41) is 10.5. The van der Waals surface area contributed by atoms with Crippen LogP contribution >= 0.6 is 0 Å². The van der Waals surface area contributed by atoms with E-state index in [4.69, 9.17) is 5.73 Å². The van der Waals surface area contributed by atoms with E-state index in [9.17, 15) is 5.11 Å². The normalized spacial score (nSPS) is 12.4. The molecule has 2 aromatic rings. The van der Waals surface area contributed by atoms with Crippen LogP contribution in [-0.4, -0.2) is 11.7 Å². The minimum Gasteiger partial charge on any atom is -0.384 e. The van der Waals surface area contributed by atoms with E-state index < -0.39 is 6.10 Å². The summed E-state index contributed by atoms with van der Waals surface area (Å²) < 4.78 is 0. The minimum absolute atomic E-state index is 0.572. The lowest BCUT2D eigenvalue weighted by molar-refractivity contribution is 0.220. The van der Waals surface area contributed by atoms with Crippen LogP contribution in [0.4, 0.5) is 0 Å². The molecule has 0 saturated carbocycles. The van der Waals surface area contributed by atoms with Crippen LogP contribution in [0, 0.1) is 13.8 Å². The summed E-state index contributed by atoms with van der Waals surface area (Å²) >= 11 is 0. The number of nitrogens with two attached hydrogens (primary N) is 1. The Morgan fingerprint density at radius 3 is 2.42 bits per heavy atom. The van der Waals surface area contributed by atoms with E-state index in [-0.39, 0.29) is 0 Å². The van der Waals surface area contributed by atoms with Crippen molar-refractivity contribution in [2.75, 3.05) is 6.54 Å². The van der Waals surface area contributed by atoms with Crippen molar-refractivity contribution in [3.05, 3.63) is 70.3 Å². The van der Waals surface area contributed by atoms with E-state index in [0.717, 1.165) is 17.5 Å². The van der Waals surface area contributed by atoms with E-state index >= 15 is 0 Å². The Bertz CT molecular complexity index is 563. The van der Waals surface area contributed by atoms with Gasteiger partial charge in [0.1, 0.15) is 6.10 Å². The first kappa shape index (κ1) is 13.8. The molecule has 0 aliphatic heterocycles. The maximum atomic E-state index is 10.5. The average molecular weight is 255 g/mol. The molecule has 1 unspecified atom stereocenters. The molecule has 0 fully saturated rings. The van der Waals surface area contributed by atoms with Crippen LogP contribution in [0.3, 0.4) is 0 Å². The fraction of sp³-hybridized carbons (Fsp3) is 0.294. The molecule has 0 radical (unpaired) electrons. The van der Waals surface area contributed by atoms with Crippen LogP contribution < -0.4 is 5.73 Å². The molecule has 100 valence electrons. The van der Waals surface area contributed by atoms with Gasteiger partial charge in [-0.3, -0.25) is 0 Å². The van der Waals surface area contributed by atoms with Gasteiger partial charge in [0, 0.05) is 0 Å². The van der Waals surface area contributed by atoms with E-state index in [1.54, 1.807) is 0 Å². The fourth-order valence-electron chi connectivity index (χ4n) is 2.21. The fourth-order valence-corrected chi connectivity index (χ4v) is 2.21. The zero-order chi connectivity index (χ0) is 13.8. The first-order valence-electron chi connectivity index (χ1n) is 6.66. The first-order chi connectivity index (χ1) is 9.11. The molecule has 0 spiro atoms. The van der Waals surface area contributed by atoms with Crippen LogP contribution in [0.5, 0.6) is 0 Å². The molecule has 0 saturated heterocycles.